The molecular weight excluding hydrogens is 328 g/mol. The highest BCUT2D eigenvalue weighted by Gasteiger charge is 2.27. The van der Waals surface area contributed by atoms with Gasteiger partial charge in [-0.15, -0.1) is 0 Å². The van der Waals surface area contributed by atoms with Crippen LogP contribution >= 0.6 is 0 Å². The largest absolute Gasteiger partial charge is 0.506 e. The molecule has 1 heterocycles. The number of nitriles is 2. The third-order valence-corrected chi connectivity index (χ3v) is 4.62. The minimum absolute atomic E-state index is 0.0416. The predicted octanol–water partition coefficient (Wildman–Crippen LogP) is 2.99. The summed E-state index contributed by atoms with van der Waals surface area (Å²) < 4.78 is 0. The van der Waals surface area contributed by atoms with E-state index in [4.69, 9.17) is 0 Å². The number of piperidine rings is 1. The van der Waals surface area contributed by atoms with Gasteiger partial charge in [0.1, 0.15) is 17.9 Å². The van der Waals surface area contributed by atoms with E-state index in [1.165, 1.54) is 6.07 Å². The summed E-state index contributed by atoms with van der Waals surface area (Å²) in [5, 5.41) is 31.2. The van der Waals surface area contributed by atoms with Crippen LogP contribution < -0.4 is 10.2 Å². The molecule has 130 valence electrons. The summed E-state index contributed by atoms with van der Waals surface area (Å²) in [6.07, 6.45) is 1.23. The molecule has 1 fully saturated rings. The van der Waals surface area contributed by atoms with Crippen molar-refractivity contribution in [3.8, 4) is 17.9 Å². The van der Waals surface area contributed by atoms with E-state index in [2.05, 4.69) is 17.5 Å². The highest BCUT2D eigenvalue weighted by Crippen LogP contribution is 2.30. The lowest BCUT2D eigenvalue weighted by atomic mass is 9.94. The van der Waals surface area contributed by atoms with Gasteiger partial charge in [0.2, 0.25) is 5.91 Å². The number of nitrogens with zero attached hydrogens (tertiary/aromatic N) is 3. The maximum Gasteiger partial charge on any atom is 0.227 e. The van der Waals surface area contributed by atoms with Crippen LogP contribution in [0.4, 0.5) is 11.4 Å². The maximum absolute atomic E-state index is 12.5. The van der Waals surface area contributed by atoms with Crippen molar-refractivity contribution in [2.24, 2.45) is 5.92 Å². The number of carbonyl (C=O) groups is 1. The van der Waals surface area contributed by atoms with Crippen molar-refractivity contribution >= 4 is 17.3 Å². The third-order valence-electron chi connectivity index (χ3n) is 4.62. The second kappa shape index (κ2) is 7.58. The number of aromatic hydroxyl groups is 1. The number of amides is 1. The molecule has 1 aliphatic rings. The average Bonchev–Trinajstić information content (AvgIpc) is 2.69. The molecule has 0 bridgehead atoms. The number of para-hydroxylation sites is 3. The number of phenols is 1. The van der Waals surface area contributed by atoms with Crippen LogP contribution in [0.3, 0.4) is 0 Å². The van der Waals surface area contributed by atoms with Crippen molar-refractivity contribution < 1.29 is 9.90 Å². The molecule has 0 radical (unpaired) electrons. The average molecular weight is 346 g/mol. The van der Waals surface area contributed by atoms with Gasteiger partial charge in [-0.3, -0.25) is 4.79 Å². The molecular formula is C20H18N4O2. The molecule has 0 spiro atoms. The van der Waals surface area contributed by atoms with Gasteiger partial charge in [-0.05, 0) is 37.1 Å². The van der Waals surface area contributed by atoms with Crippen LogP contribution in [0.5, 0.6) is 5.75 Å². The Hall–Kier alpha value is -3.51. The second-order valence-corrected chi connectivity index (χ2v) is 6.19. The smallest absolute Gasteiger partial charge is 0.227 e. The van der Waals surface area contributed by atoms with E-state index in [9.17, 15) is 20.4 Å². The SMILES string of the molecule is N#Cc1cccc(C#N)c1N1CCC(C(=O)Nc2ccccc2O)CC1. The predicted molar refractivity (Wildman–Crippen MR) is 97.5 cm³/mol. The van der Waals surface area contributed by atoms with Crippen molar-refractivity contribution in [3.63, 3.8) is 0 Å². The molecule has 0 atom stereocenters. The van der Waals surface area contributed by atoms with Gasteiger partial charge < -0.3 is 15.3 Å². The molecule has 0 aromatic heterocycles. The summed E-state index contributed by atoms with van der Waals surface area (Å²) in [6.45, 7) is 1.18. The monoisotopic (exact) mass is 346 g/mol. The lowest BCUT2D eigenvalue weighted by Crippen LogP contribution is -2.38. The Morgan fingerprint density at radius 1 is 1.04 bits per heavy atom. The maximum atomic E-state index is 12.5. The summed E-state index contributed by atoms with van der Waals surface area (Å²) in [7, 11) is 0. The van der Waals surface area contributed by atoms with Crippen molar-refractivity contribution in [3.05, 3.63) is 53.6 Å². The molecule has 2 N–H and O–H groups in total. The van der Waals surface area contributed by atoms with Crippen LogP contribution in [0.2, 0.25) is 0 Å². The zero-order chi connectivity index (χ0) is 18.5. The Morgan fingerprint density at radius 3 is 2.23 bits per heavy atom. The molecule has 2 aromatic carbocycles. The molecule has 0 aliphatic carbocycles. The van der Waals surface area contributed by atoms with Gasteiger partial charge in [-0.1, -0.05) is 18.2 Å². The minimum Gasteiger partial charge on any atom is -0.506 e. The van der Waals surface area contributed by atoms with E-state index in [0.29, 0.717) is 48.4 Å². The van der Waals surface area contributed by atoms with Crippen LogP contribution in [0.25, 0.3) is 0 Å². The Bertz CT molecular complexity index is 871. The number of anilines is 2. The fraction of sp³-hybridized carbons (Fsp3) is 0.250. The van der Waals surface area contributed by atoms with Crippen molar-refractivity contribution in [2.45, 2.75) is 12.8 Å². The standard InChI is InChI=1S/C20H18N4O2/c21-12-15-4-3-5-16(13-22)19(15)24-10-8-14(9-11-24)20(26)23-17-6-1-2-7-18(17)25/h1-7,14,25H,8-11H2,(H,23,26). The first-order chi connectivity index (χ1) is 12.6. The topological polar surface area (TPSA) is 100 Å². The summed E-state index contributed by atoms with van der Waals surface area (Å²) in [6, 6.07) is 16.0. The van der Waals surface area contributed by atoms with Crippen molar-refractivity contribution in [1.29, 1.82) is 10.5 Å². The number of hydrogen-bond donors (Lipinski definition) is 2. The molecule has 1 aliphatic heterocycles. The summed E-state index contributed by atoms with van der Waals surface area (Å²) >= 11 is 0. The van der Waals surface area contributed by atoms with E-state index >= 15 is 0 Å². The molecule has 2 aromatic rings. The number of carbonyl (C=O) groups excluding carboxylic acids is 1. The van der Waals surface area contributed by atoms with Gasteiger partial charge >= 0.3 is 0 Å². The molecule has 6 nitrogen and oxygen atoms in total. The van der Waals surface area contributed by atoms with E-state index < -0.39 is 0 Å². The molecule has 1 saturated heterocycles. The lowest BCUT2D eigenvalue weighted by molar-refractivity contribution is -0.120. The van der Waals surface area contributed by atoms with Gasteiger partial charge in [0.15, 0.2) is 0 Å². The van der Waals surface area contributed by atoms with E-state index in [-0.39, 0.29) is 17.6 Å². The normalized spacial score (nSPS) is 14.3. The van der Waals surface area contributed by atoms with E-state index in [1.54, 1.807) is 36.4 Å². The molecule has 26 heavy (non-hydrogen) atoms. The first kappa shape index (κ1) is 17.3. The lowest BCUT2D eigenvalue weighted by Gasteiger charge is -2.34. The summed E-state index contributed by atoms with van der Waals surface area (Å²) in [5.41, 5.74) is 2.00. The van der Waals surface area contributed by atoms with Gasteiger partial charge in [-0.2, -0.15) is 10.5 Å². The fourth-order valence-corrected chi connectivity index (χ4v) is 3.24. The van der Waals surface area contributed by atoms with Crippen LogP contribution in [-0.4, -0.2) is 24.1 Å². The van der Waals surface area contributed by atoms with Crippen LogP contribution in [0.15, 0.2) is 42.5 Å². The number of phenolic OH excluding ortho intramolecular Hbond substituents is 1. The number of hydrogen-bond acceptors (Lipinski definition) is 5. The van der Waals surface area contributed by atoms with Gasteiger partial charge in [0.25, 0.3) is 0 Å². The highest BCUT2D eigenvalue weighted by molar-refractivity contribution is 5.94. The summed E-state index contributed by atoms with van der Waals surface area (Å²) in [5.74, 6) is -0.259. The van der Waals surface area contributed by atoms with Crippen molar-refractivity contribution in [2.75, 3.05) is 23.3 Å². The van der Waals surface area contributed by atoms with Gasteiger partial charge in [-0.25, -0.2) is 0 Å². The van der Waals surface area contributed by atoms with E-state index in [1.807, 2.05) is 4.90 Å². The van der Waals surface area contributed by atoms with Gasteiger partial charge in [0.05, 0.1) is 22.5 Å². The van der Waals surface area contributed by atoms with Crippen LogP contribution in [-0.2, 0) is 4.79 Å². The minimum atomic E-state index is -0.175. The van der Waals surface area contributed by atoms with Gasteiger partial charge in [0, 0.05) is 19.0 Å². The fourth-order valence-electron chi connectivity index (χ4n) is 3.24. The molecule has 0 saturated carbocycles. The molecule has 0 unspecified atom stereocenters. The van der Waals surface area contributed by atoms with Crippen molar-refractivity contribution in [1.82, 2.24) is 0 Å². The number of nitrogens with one attached hydrogen (secondary N) is 1. The number of rotatable bonds is 3. The van der Waals surface area contributed by atoms with Crippen LogP contribution in [0.1, 0.15) is 24.0 Å². The zero-order valence-electron chi connectivity index (χ0n) is 14.1. The first-order valence-electron chi connectivity index (χ1n) is 8.41. The molecule has 1 amide bonds. The second-order valence-electron chi connectivity index (χ2n) is 6.19. The zero-order valence-corrected chi connectivity index (χ0v) is 14.1. The summed E-state index contributed by atoms with van der Waals surface area (Å²) in [4.78, 5) is 14.5. The van der Waals surface area contributed by atoms with Crippen LogP contribution in [0, 0.1) is 28.6 Å². The highest BCUT2D eigenvalue weighted by atomic mass is 16.3. The van der Waals surface area contributed by atoms with E-state index in [0.717, 1.165) is 0 Å². The molecule has 6 heteroatoms. The Labute approximate surface area is 151 Å². The molecule has 3 rings (SSSR count). The number of benzene rings is 2. The third kappa shape index (κ3) is 3.45. The Balaban J connectivity index is 1.69. The first-order valence-corrected chi connectivity index (χ1v) is 8.41. The Morgan fingerprint density at radius 2 is 1.65 bits per heavy atom. The quantitative estimate of drug-likeness (QED) is 0.832. The Kier molecular flexibility index (Phi) is 5.05.